The zero-order valence-corrected chi connectivity index (χ0v) is 16.2. The SMILES string of the molecule is CC(OC(=O)CCN=C1NS(=O)(=O)c2ccccc21)C(=O)Nc1ccc(F)cc1. The van der Waals surface area contributed by atoms with E-state index in [1.807, 2.05) is 0 Å². The number of hydrogen-bond acceptors (Lipinski definition) is 6. The Morgan fingerprint density at radius 3 is 2.59 bits per heavy atom. The lowest BCUT2D eigenvalue weighted by Crippen LogP contribution is -2.30. The number of amidine groups is 1. The van der Waals surface area contributed by atoms with Gasteiger partial charge in [-0.2, -0.15) is 0 Å². The molecule has 0 bridgehead atoms. The minimum atomic E-state index is -3.64. The average Bonchev–Trinajstić information content (AvgIpc) is 2.94. The van der Waals surface area contributed by atoms with Crippen molar-refractivity contribution < 1.29 is 27.1 Å². The minimum Gasteiger partial charge on any atom is -0.452 e. The van der Waals surface area contributed by atoms with E-state index in [0.29, 0.717) is 11.3 Å². The van der Waals surface area contributed by atoms with Crippen molar-refractivity contribution in [1.29, 1.82) is 0 Å². The first-order valence-corrected chi connectivity index (χ1v) is 10.2. The van der Waals surface area contributed by atoms with Crippen LogP contribution in [-0.4, -0.2) is 38.8 Å². The maximum atomic E-state index is 12.9. The van der Waals surface area contributed by atoms with Crippen molar-refractivity contribution in [2.75, 3.05) is 11.9 Å². The molecule has 2 aromatic carbocycles. The fraction of sp³-hybridized carbons (Fsp3) is 0.211. The lowest BCUT2D eigenvalue weighted by atomic mass is 10.2. The van der Waals surface area contributed by atoms with Gasteiger partial charge in [-0.25, -0.2) is 12.8 Å². The summed E-state index contributed by atoms with van der Waals surface area (Å²) >= 11 is 0. The van der Waals surface area contributed by atoms with Crippen molar-refractivity contribution in [2.45, 2.75) is 24.3 Å². The number of carbonyl (C=O) groups excluding carboxylic acids is 2. The van der Waals surface area contributed by atoms with Gasteiger partial charge in [0.1, 0.15) is 11.7 Å². The summed E-state index contributed by atoms with van der Waals surface area (Å²) < 4.78 is 44.3. The highest BCUT2D eigenvalue weighted by molar-refractivity contribution is 7.90. The van der Waals surface area contributed by atoms with Crippen LogP contribution in [0.1, 0.15) is 18.9 Å². The van der Waals surface area contributed by atoms with Crippen molar-refractivity contribution in [3.8, 4) is 0 Å². The first kappa shape index (κ1) is 20.5. The van der Waals surface area contributed by atoms with E-state index >= 15 is 0 Å². The lowest BCUT2D eigenvalue weighted by molar-refractivity contribution is -0.152. The van der Waals surface area contributed by atoms with Crippen LogP contribution in [0.3, 0.4) is 0 Å². The Labute approximate surface area is 166 Å². The number of fused-ring (bicyclic) bond motifs is 1. The smallest absolute Gasteiger partial charge is 0.308 e. The molecule has 29 heavy (non-hydrogen) atoms. The van der Waals surface area contributed by atoms with Crippen molar-refractivity contribution >= 4 is 33.4 Å². The number of ether oxygens (including phenoxy) is 1. The predicted molar refractivity (Wildman–Crippen MR) is 103 cm³/mol. The van der Waals surface area contributed by atoms with Crippen LogP contribution in [0.15, 0.2) is 58.4 Å². The standard InChI is InChI=1S/C19H18FN3O5S/c1-12(19(25)22-14-8-6-13(20)7-9-14)28-17(24)10-11-21-18-15-4-2-3-5-16(15)29(26,27)23-18/h2-9,12H,10-11H2,1H3,(H,21,23)(H,22,25). The normalized spacial score (nSPS) is 16.6. The monoisotopic (exact) mass is 419 g/mol. The van der Waals surface area contributed by atoms with E-state index in [9.17, 15) is 22.4 Å². The molecule has 0 aliphatic carbocycles. The second kappa shape index (κ2) is 8.39. The van der Waals surface area contributed by atoms with E-state index in [1.54, 1.807) is 18.2 Å². The number of aliphatic imine (C=N–C) groups is 1. The Kier molecular flexibility index (Phi) is 5.92. The highest BCUT2D eigenvalue weighted by Gasteiger charge is 2.30. The molecule has 1 aliphatic rings. The second-order valence-electron chi connectivity index (χ2n) is 6.21. The van der Waals surface area contributed by atoms with Gasteiger partial charge >= 0.3 is 5.97 Å². The number of carbonyl (C=O) groups is 2. The quantitative estimate of drug-likeness (QED) is 0.694. The predicted octanol–water partition coefficient (Wildman–Crippen LogP) is 1.82. The molecule has 1 aliphatic heterocycles. The molecule has 8 nitrogen and oxygen atoms in total. The molecular weight excluding hydrogens is 401 g/mol. The Hall–Kier alpha value is -3.27. The average molecular weight is 419 g/mol. The molecule has 2 aromatic rings. The van der Waals surface area contributed by atoms with Gasteiger partial charge in [0.2, 0.25) is 0 Å². The fourth-order valence-electron chi connectivity index (χ4n) is 2.60. The largest absolute Gasteiger partial charge is 0.452 e. The van der Waals surface area contributed by atoms with Gasteiger partial charge < -0.3 is 10.1 Å². The summed E-state index contributed by atoms with van der Waals surface area (Å²) in [7, 11) is -3.64. The van der Waals surface area contributed by atoms with Crippen LogP contribution in [0.4, 0.5) is 10.1 Å². The van der Waals surface area contributed by atoms with E-state index in [0.717, 1.165) is 0 Å². The van der Waals surface area contributed by atoms with E-state index in [1.165, 1.54) is 37.3 Å². The Morgan fingerprint density at radius 1 is 1.17 bits per heavy atom. The topological polar surface area (TPSA) is 114 Å². The van der Waals surface area contributed by atoms with Crippen molar-refractivity contribution in [3.63, 3.8) is 0 Å². The van der Waals surface area contributed by atoms with Crippen LogP contribution >= 0.6 is 0 Å². The molecule has 0 saturated heterocycles. The molecule has 0 saturated carbocycles. The number of nitrogens with zero attached hydrogens (tertiary/aromatic N) is 1. The fourth-order valence-corrected chi connectivity index (χ4v) is 3.85. The van der Waals surface area contributed by atoms with Gasteiger partial charge in [0.25, 0.3) is 15.9 Å². The maximum absolute atomic E-state index is 12.9. The number of esters is 1. The molecule has 0 radical (unpaired) electrons. The third-order valence-corrected chi connectivity index (χ3v) is 5.43. The zero-order valence-electron chi connectivity index (χ0n) is 15.4. The van der Waals surface area contributed by atoms with Crippen LogP contribution in [0, 0.1) is 5.82 Å². The Bertz CT molecular complexity index is 1070. The van der Waals surface area contributed by atoms with Gasteiger partial charge in [-0.05, 0) is 43.3 Å². The van der Waals surface area contributed by atoms with Gasteiger partial charge in [-0.1, -0.05) is 12.1 Å². The number of nitrogens with one attached hydrogen (secondary N) is 2. The molecule has 1 atom stereocenters. The van der Waals surface area contributed by atoms with Crippen LogP contribution in [-0.2, 0) is 24.3 Å². The third-order valence-electron chi connectivity index (χ3n) is 4.04. The van der Waals surface area contributed by atoms with Gasteiger partial charge in [0.15, 0.2) is 6.10 Å². The summed E-state index contributed by atoms with van der Waals surface area (Å²) in [6.07, 6.45) is -1.20. The third kappa shape index (κ3) is 4.96. The molecule has 1 amide bonds. The number of benzene rings is 2. The first-order valence-electron chi connectivity index (χ1n) is 8.69. The molecule has 0 spiro atoms. The van der Waals surface area contributed by atoms with Crippen LogP contribution in [0.25, 0.3) is 0 Å². The first-order chi connectivity index (χ1) is 13.8. The number of anilines is 1. The summed E-state index contributed by atoms with van der Waals surface area (Å²) in [6.45, 7) is 1.39. The van der Waals surface area contributed by atoms with Gasteiger partial charge in [-0.3, -0.25) is 19.3 Å². The van der Waals surface area contributed by atoms with Crippen molar-refractivity contribution in [2.24, 2.45) is 4.99 Å². The summed E-state index contributed by atoms with van der Waals surface area (Å²) in [6, 6.07) is 11.5. The molecule has 2 N–H and O–H groups in total. The Morgan fingerprint density at radius 2 is 1.86 bits per heavy atom. The summed E-state index contributed by atoms with van der Waals surface area (Å²) in [4.78, 5) is 28.2. The molecule has 0 fully saturated rings. The number of halogens is 1. The van der Waals surface area contributed by atoms with Crippen LogP contribution in [0.2, 0.25) is 0 Å². The molecular formula is C19H18FN3O5S. The molecule has 1 unspecified atom stereocenters. The molecule has 1 heterocycles. The number of rotatable bonds is 6. The number of amides is 1. The van der Waals surface area contributed by atoms with Crippen molar-refractivity contribution in [1.82, 2.24) is 4.72 Å². The highest BCUT2D eigenvalue weighted by atomic mass is 32.2. The number of hydrogen-bond donors (Lipinski definition) is 2. The highest BCUT2D eigenvalue weighted by Crippen LogP contribution is 2.22. The van der Waals surface area contributed by atoms with Gasteiger partial charge in [0, 0.05) is 11.3 Å². The molecule has 10 heteroatoms. The van der Waals surface area contributed by atoms with Gasteiger partial charge in [-0.15, -0.1) is 0 Å². The summed E-state index contributed by atoms with van der Waals surface area (Å²) in [5.74, 6) is -1.49. The lowest BCUT2D eigenvalue weighted by Gasteiger charge is -2.13. The molecule has 152 valence electrons. The Balaban J connectivity index is 1.52. The summed E-state index contributed by atoms with van der Waals surface area (Å²) in [5, 5.41) is 2.51. The van der Waals surface area contributed by atoms with Crippen LogP contribution in [0.5, 0.6) is 0 Å². The van der Waals surface area contributed by atoms with E-state index in [2.05, 4.69) is 15.0 Å². The van der Waals surface area contributed by atoms with Crippen LogP contribution < -0.4 is 10.0 Å². The van der Waals surface area contributed by atoms with E-state index < -0.39 is 33.8 Å². The summed E-state index contributed by atoms with van der Waals surface area (Å²) in [5.41, 5.74) is 0.811. The second-order valence-corrected chi connectivity index (χ2v) is 7.86. The number of sulfonamides is 1. The van der Waals surface area contributed by atoms with E-state index in [4.69, 9.17) is 4.74 Å². The van der Waals surface area contributed by atoms with E-state index in [-0.39, 0.29) is 23.7 Å². The molecule has 0 aromatic heterocycles. The zero-order chi connectivity index (χ0) is 21.0. The minimum absolute atomic E-state index is 0.0165. The van der Waals surface area contributed by atoms with Crippen molar-refractivity contribution in [3.05, 3.63) is 59.9 Å². The molecule has 3 rings (SSSR count). The maximum Gasteiger partial charge on any atom is 0.308 e. The van der Waals surface area contributed by atoms with Gasteiger partial charge in [0.05, 0.1) is 17.9 Å².